The van der Waals surface area contributed by atoms with E-state index in [4.69, 9.17) is 4.74 Å². The van der Waals surface area contributed by atoms with Gasteiger partial charge in [0.15, 0.2) is 0 Å². The molecule has 1 unspecified atom stereocenters. The summed E-state index contributed by atoms with van der Waals surface area (Å²) >= 11 is 0. The maximum atomic E-state index is 12.3. The molecular weight excluding hydrogens is 252 g/mol. The van der Waals surface area contributed by atoms with Crippen molar-refractivity contribution in [2.75, 3.05) is 25.1 Å². The number of sulfonamides is 1. The van der Waals surface area contributed by atoms with Crippen molar-refractivity contribution >= 4 is 15.7 Å². The van der Waals surface area contributed by atoms with Gasteiger partial charge in [-0.15, -0.1) is 0 Å². The van der Waals surface area contributed by atoms with E-state index in [-0.39, 0.29) is 6.04 Å². The van der Waals surface area contributed by atoms with E-state index in [1.807, 2.05) is 13.0 Å². The third-order valence-corrected chi connectivity index (χ3v) is 4.37. The SMILES string of the molecule is CCNc1ccccc1S(=O)(=O)NC1CCOC1. The Labute approximate surface area is 108 Å². The highest BCUT2D eigenvalue weighted by Gasteiger charge is 2.25. The fourth-order valence-corrected chi connectivity index (χ4v) is 3.39. The molecule has 0 spiro atoms. The third-order valence-electron chi connectivity index (χ3n) is 2.80. The zero-order valence-electron chi connectivity index (χ0n) is 10.3. The summed E-state index contributed by atoms with van der Waals surface area (Å²) in [5.74, 6) is 0. The maximum Gasteiger partial charge on any atom is 0.242 e. The molecular formula is C12H18N2O3S. The van der Waals surface area contributed by atoms with Crippen LogP contribution in [0.5, 0.6) is 0 Å². The van der Waals surface area contributed by atoms with Crippen molar-refractivity contribution in [3.8, 4) is 0 Å². The van der Waals surface area contributed by atoms with Gasteiger partial charge in [-0.25, -0.2) is 13.1 Å². The van der Waals surface area contributed by atoms with Crippen LogP contribution in [0.4, 0.5) is 5.69 Å². The molecule has 1 aromatic rings. The van der Waals surface area contributed by atoms with Crippen LogP contribution >= 0.6 is 0 Å². The van der Waals surface area contributed by atoms with Crippen LogP contribution in [-0.4, -0.2) is 34.2 Å². The van der Waals surface area contributed by atoms with Crippen molar-refractivity contribution in [2.45, 2.75) is 24.3 Å². The molecule has 6 heteroatoms. The molecule has 0 radical (unpaired) electrons. The van der Waals surface area contributed by atoms with Crippen molar-refractivity contribution in [3.05, 3.63) is 24.3 Å². The van der Waals surface area contributed by atoms with Crippen LogP contribution in [0.2, 0.25) is 0 Å². The smallest absolute Gasteiger partial charge is 0.242 e. The fourth-order valence-electron chi connectivity index (χ4n) is 1.95. The number of ether oxygens (including phenoxy) is 1. The average Bonchev–Trinajstić information content (AvgIpc) is 2.82. The third kappa shape index (κ3) is 3.01. The first kappa shape index (κ1) is 13.3. The van der Waals surface area contributed by atoms with E-state index in [0.29, 0.717) is 30.3 Å². The van der Waals surface area contributed by atoms with Gasteiger partial charge >= 0.3 is 0 Å². The standard InChI is InChI=1S/C12H18N2O3S/c1-2-13-11-5-3-4-6-12(11)18(15,16)14-10-7-8-17-9-10/h3-6,10,13-14H,2,7-9H2,1H3. The zero-order chi connectivity index (χ0) is 13.0. The van der Waals surface area contributed by atoms with Gasteiger partial charge in [-0.1, -0.05) is 12.1 Å². The second-order valence-corrected chi connectivity index (χ2v) is 5.89. The molecule has 1 aromatic carbocycles. The summed E-state index contributed by atoms with van der Waals surface area (Å²) < 4.78 is 32.4. The van der Waals surface area contributed by atoms with E-state index in [9.17, 15) is 8.42 Å². The summed E-state index contributed by atoms with van der Waals surface area (Å²) in [7, 11) is -3.49. The largest absolute Gasteiger partial charge is 0.384 e. The lowest BCUT2D eigenvalue weighted by atomic mass is 10.3. The number of benzene rings is 1. The monoisotopic (exact) mass is 270 g/mol. The molecule has 0 aliphatic carbocycles. The summed E-state index contributed by atoms with van der Waals surface area (Å²) in [4.78, 5) is 0.291. The summed E-state index contributed by atoms with van der Waals surface area (Å²) in [5.41, 5.74) is 0.631. The van der Waals surface area contributed by atoms with Crippen LogP contribution in [0.25, 0.3) is 0 Å². The number of hydrogen-bond donors (Lipinski definition) is 2. The minimum Gasteiger partial charge on any atom is -0.384 e. The molecule has 1 aliphatic heterocycles. The van der Waals surface area contributed by atoms with E-state index in [1.54, 1.807) is 18.2 Å². The second kappa shape index (κ2) is 5.69. The lowest BCUT2D eigenvalue weighted by Crippen LogP contribution is -2.35. The Bertz CT molecular complexity index is 496. The lowest BCUT2D eigenvalue weighted by Gasteiger charge is -2.14. The first-order chi connectivity index (χ1) is 8.63. The first-order valence-corrected chi connectivity index (χ1v) is 7.55. The number of para-hydroxylation sites is 1. The molecule has 1 atom stereocenters. The van der Waals surface area contributed by atoms with Gasteiger partial charge in [-0.05, 0) is 25.5 Å². The van der Waals surface area contributed by atoms with Gasteiger partial charge in [0.05, 0.1) is 12.3 Å². The highest BCUT2D eigenvalue weighted by atomic mass is 32.2. The van der Waals surface area contributed by atoms with Crippen molar-refractivity contribution in [1.29, 1.82) is 0 Å². The highest BCUT2D eigenvalue weighted by molar-refractivity contribution is 7.89. The molecule has 2 N–H and O–H groups in total. The molecule has 18 heavy (non-hydrogen) atoms. The van der Waals surface area contributed by atoms with Crippen LogP contribution in [0.15, 0.2) is 29.2 Å². The zero-order valence-corrected chi connectivity index (χ0v) is 11.2. The van der Waals surface area contributed by atoms with E-state index >= 15 is 0 Å². The number of anilines is 1. The van der Waals surface area contributed by atoms with Crippen molar-refractivity contribution in [3.63, 3.8) is 0 Å². The van der Waals surface area contributed by atoms with Crippen molar-refractivity contribution in [2.24, 2.45) is 0 Å². The minimum atomic E-state index is -3.49. The Morgan fingerprint density at radius 2 is 2.17 bits per heavy atom. The summed E-state index contributed by atoms with van der Waals surface area (Å²) in [6.07, 6.45) is 0.725. The van der Waals surface area contributed by atoms with Gasteiger partial charge in [-0.2, -0.15) is 0 Å². The molecule has 0 amide bonds. The summed E-state index contributed by atoms with van der Waals surface area (Å²) in [6, 6.07) is 6.79. The van der Waals surface area contributed by atoms with Crippen LogP contribution < -0.4 is 10.0 Å². The van der Waals surface area contributed by atoms with Crippen LogP contribution in [0.3, 0.4) is 0 Å². The Morgan fingerprint density at radius 3 is 2.83 bits per heavy atom. The number of rotatable bonds is 5. The second-order valence-electron chi connectivity index (χ2n) is 4.21. The van der Waals surface area contributed by atoms with Gasteiger partial charge < -0.3 is 10.1 Å². The van der Waals surface area contributed by atoms with Gasteiger partial charge in [0, 0.05) is 19.2 Å². The molecule has 2 rings (SSSR count). The Kier molecular flexibility index (Phi) is 4.21. The van der Waals surface area contributed by atoms with E-state index in [0.717, 1.165) is 6.42 Å². The predicted octanol–water partition coefficient (Wildman–Crippen LogP) is 1.19. The normalized spacial score (nSPS) is 19.9. The van der Waals surface area contributed by atoms with Gasteiger partial charge in [0.2, 0.25) is 10.0 Å². The Balaban J connectivity index is 2.22. The molecule has 100 valence electrons. The van der Waals surface area contributed by atoms with E-state index in [2.05, 4.69) is 10.0 Å². The van der Waals surface area contributed by atoms with Crippen LogP contribution in [-0.2, 0) is 14.8 Å². The number of hydrogen-bond acceptors (Lipinski definition) is 4. The maximum absolute atomic E-state index is 12.3. The average molecular weight is 270 g/mol. The van der Waals surface area contributed by atoms with Crippen LogP contribution in [0, 0.1) is 0 Å². The van der Waals surface area contributed by atoms with Gasteiger partial charge in [-0.3, -0.25) is 0 Å². The predicted molar refractivity (Wildman–Crippen MR) is 70.2 cm³/mol. The first-order valence-electron chi connectivity index (χ1n) is 6.06. The van der Waals surface area contributed by atoms with Crippen LogP contribution in [0.1, 0.15) is 13.3 Å². The molecule has 0 aromatic heterocycles. The molecule has 0 saturated carbocycles. The molecule has 1 fully saturated rings. The molecule has 1 saturated heterocycles. The quantitative estimate of drug-likeness (QED) is 0.843. The minimum absolute atomic E-state index is 0.121. The van der Waals surface area contributed by atoms with Gasteiger partial charge in [0.25, 0.3) is 0 Å². The Hall–Kier alpha value is -1.11. The van der Waals surface area contributed by atoms with E-state index < -0.39 is 10.0 Å². The molecule has 1 aliphatic rings. The van der Waals surface area contributed by atoms with Gasteiger partial charge in [0.1, 0.15) is 4.90 Å². The Morgan fingerprint density at radius 1 is 1.39 bits per heavy atom. The lowest BCUT2D eigenvalue weighted by molar-refractivity contribution is 0.192. The van der Waals surface area contributed by atoms with Crippen molar-refractivity contribution in [1.82, 2.24) is 4.72 Å². The summed E-state index contributed by atoms with van der Waals surface area (Å²) in [6.45, 7) is 3.67. The van der Waals surface area contributed by atoms with Crippen molar-refractivity contribution < 1.29 is 13.2 Å². The fraction of sp³-hybridized carbons (Fsp3) is 0.500. The van der Waals surface area contributed by atoms with E-state index in [1.165, 1.54) is 0 Å². The topological polar surface area (TPSA) is 67.4 Å². The number of nitrogens with one attached hydrogen (secondary N) is 2. The summed E-state index contributed by atoms with van der Waals surface area (Å²) in [5, 5.41) is 3.06. The molecule has 5 nitrogen and oxygen atoms in total. The molecule has 0 bridgehead atoms. The molecule has 1 heterocycles. The highest BCUT2D eigenvalue weighted by Crippen LogP contribution is 2.21.